The summed E-state index contributed by atoms with van der Waals surface area (Å²) in [5.74, 6) is -4.88. The minimum absolute atomic E-state index is 0.970. The first-order chi connectivity index (χ1) is 5.46. The third kappa shape index (κ3) is 1.23. The van der Waals surface area contributed by atoms with Gasteiger partial charge in [-0.25, -0.2) is 22.0 Å². The van der Waals surface area contributed by atoms with E-state index in [2.05, 4.69) is 0 Å². The zero-order valence-corrected chi connectivity index (χ0v) is 6.20. The maximum atomic E-state index is 12.6. The fourth-order valence-corrected chi connectivity index (χ4v) is 1.07. The van der Waals surface area contributed by atoms with E-state index in [1.54, 1.807) is 0 Å². The Hall–Kier alpha value is -0.545. The Labute approximate surface area is 66.8 Å². The van der Waals surface area contributed by atoms with E-state index in [9.17, 15) is 22.0 Å². The van der Waals surface area contributed by atoms with Crippen molar-refractivity contribution in [1.29, 1.82) is 0 Å². The van der Waals surface area contributed by atoms with Crippen molar-refractivity contribution >= 4 is 7.85 Å². The quantitative estimate of drug-likeness (QED) is 0.396. The molecule has 0 aliphatic heterocycles. The second-order valence-electron chi connectivity index (χ2n) is 2.78. The Morgan fingerprint density at radius 2 is 1.42 bits per heavy atom. The monoisotopic (exact) mass is 184 g/mol. The average molecular weight is 184 g/mol. The van der Waals surface area contributed by atoms with Crippen molar-refractivity contribution in [3.05, 3.63) is 11.7 Å². The molecule has 0 saturated heterocycles. The van der Waals surface area contributed by atoms with Crippen LogP contribution >= 0.6 is 0 Å². The van der Waals surface area contributed by atoms with Crippen molar-refractivity contribution < 1.29 is 22.0 Å². The van der Waals surface area contributed by atoms with Crippen molar-refractivity contribution in [2.75, 3.05) is 0 Å². The first-order valence-corrected chi connectivity index (χ1v) is 3.44. The summed E-state index contributed by atoms with van der Waals surface area (Å²) in [5.41, 5.74) is 0. The van der Waals surface area contributed by atoms with Gasteiger partial charge in [0.2, 0.25) is 0 Å². The maximum Gasteiger partial charge on any atom is 0.188 e. The van der Waals surface area contributed by atoms with E-state index in [4.69, 9.17) is 0 Å². The molecule has 0 aromatic rings. The summed E-state index contributed by atoms with van der Waals surface area (Å²) >= 11 is 0. The smallest absolute Gasteiger partial charge is 0.188 e. The van der Waals surface area contributed by atoms with E-state index in [0.717, 1.165) is 7.85 Å². The van der Waals surface area contributed by atoms with Crippen LogP contribution in [0.15, 0.2) is 11.7 Å². The van der Waals surface area contributed by atoms with Crippen LogP contribution in [0.3, 0.4) is 0 Å². The van der Waals surface area contributed by atoms with Gasteiger partial charge in [0.05, 0.1) is 0 Å². The first-order valence-electron chi connectivity index (χ1n) is 3.44. The number of hydrogen-bond donors (Lipinski definition) is 0. The zero-order valence-electron chi connectivity index (χ0n) is 6.20. The minimum atomic E-state index is -2.80. The Morgan fingerprint density at radius 3 is 1.92 bits per heavy atom. The predicted octanol–water partition coefficient (Wildman–Crippen LogP) is 1.59. The van der Waals surface area contributed by atoms with Crippen LogP contribution in [-0.2, 0) is 0 Å². The van der Waals surface area contributed by atoms with Gasteiger partial charge in [0.15, 0.2) is 18.2 Å². The van der Waals surface area contributed by atoms with E-state index < -0.39 is 36.0 Å². The second-order valence-corrected chi connectivity index (χ2v) is 2.78. The van der Waals surface area contributed by atoms with Crippen molar-refractivity contribution in [3.8, 4) is 0 Å². The summed E-state index contributed by atoms with van der Waals surface area (Å²) in [6.07, 6.45) is -7.70. The zero-order chi connectivity index (χ0) is 9.46. The normalized spacial score (nSPS) is 43.4. The number of halogens is 5. The highest BCUT2D eigenvalue weighted by Gasteiger charge is 2.44. The molecular weight excluding hydrogens is 178 g/mol. The van der Waals surface area contributed by atoms with E-state index in [1.807, 2.05) is 0 Å². The summed E-state index contributed by atoms with van der Waals surface area (Å²) in [7, 11) is 0.970. The standard InChI is InChI=1S/C6H6BF5/c7-1-2(8)4(10)6(12)5(11)3(1)9/h1-2,4,6H,7H2. The molecule has 6 heteroatoms. The molecule has 1 aliphatic carbocycles. The Kier molecular flexibility index (Phi) is 2.44. The Balaban J connectivity index is 3.00. The molecule has 0 amide bonds. The molecule has 0 radical (unpaired) electrons. The third-order valence-corrected chi connectivity index (χ3v) is 1.93. The molecular formula is C6H6BF5. The topological polar surface area (TPSA) is 0 Å². The van der Waals surface area contributed by atoms with Gasteiger partial charge in [-0.2, -0.15) is 0 Å². The van der Waals surface area contributed by atoms with Gasteiger partial charge in [-0.05, 0) is 0 Å². The molecule has 0 spiro atoms. The van der Waals surface area contributed by atoms with Gasteiger partial charge < -0.3 is 0 Å². The largest absolute Gasteiger partial charge is 0.244 e. The highest BCUT2D eigenvalue weighted by molar-refractivity contribution is 6.14. The summed E-state index contributed by atoms with van der Waals surface area (Å²) in [6.45, 7) is 0. The molecule has 0 nitrogen and oxygen atoms in total. The van der Waals surface area contributed by atoms with Gasteiger partial charge in [0.25, 0.3) is 0 Å². The number of hydrogen-bond acceptors (Lipinski definition) is 0. The van der Waals surface area contributed by atoms with Crippen LogP contribution in [0.4, 0.5) is 22.0 Å². The van der Waals surface area contributed by atoms with Crippen molar-refractivity contribution in [2.45, 2.75) is 24.3 Å². The molecule has 0 aromatic carbocycles. The van der Waals surface area contributed by atoms with E-state index in [-0.39, 0.29) is 0 Å². The highest BCUT2D eigenvalue weighted by atomic mass is 19.2. The molecule has 1 rings (SSSR count). The van der Waals surface area contributed by atoms with E-state index in [0.29, 0.717) is 0 Å². The molecule has 0 N–H and O–H groups in total. The van der Waals surface area contributed by atoms with E-state index in [1.165, 1.54) is 0 Å². The summed E-state index contributed by atoms with van der Waals surface area (Å²) < 4.78 is 62.3. The molecule has 0 aromatic heterocycles. The lowest BCUT2D eigenvalue weighted by Gasteiger charge is -2.26. The van der Waals surface area contributed by atoms with Crippen molar-refractivity contribution in [1.82, 2.24) is 0 Å². The van der Waals surface area contributed by atoms with Gasteiger partial charge in [-0.3, -0.25) is 0 Å². The molecule has 68 valence electrons. The van der Waals surface area contributed by atoms with Gasteiger partial charge in [-0.1, -0.05) is 0 Å². The minimum Gasteiger partial charge on any atom is -0.244 e. The fourth-order valence-electron chi connectivity index (χ4n) is 1.07. The third-order valence-electron chi connectivity index (χ3n) is 1.93. The fraction of sp³-hybridized carbons (Fsp3) is 0.667. The lowest BCUT2D eigenvalue weighted by molar-refractivity contribution is 0.0668. The predicted molar refractivity (Wildman–Crippen MR) is 36.2 cm³/mol. The van der Waals surface area contributed by atoms with Gasteiger partial charge in [-0.15, -0.1) is 0 Å². The Bertz CT molecular complexity index is 194. The molecule has 0 fully saturated rings. The highest BCUT2D eigenvalue weighted by Crippen LogP contribution is 2.39. The number of rotatable bonds is 0. The summed E-state index contributed by atoms with van der Waals surface area (Å²) in [5, 5.41) is 0. The molecule has 0 bridgehead atoms. The average Bonchev–Trinajstić information content (AvgIpc) is 2.08. The van der Waals surface area contributed by atoms with Crippen LogP contribution < -0.4 is 0 Å². The van der Waals surface area contributed by atoms with Gasteiger partial charge in [0, 0.05) is 5.82 Å². The molecule has 0 heterocycles. The molecule has 1 aliphatic rings. The second kappa shape index (κ2) is 3.07. The SMILES string of the molecule is BC1C(F)=C(F)C(F)C(F)C1F. The first kappa shape index (κ1) is 9.54. The van der Waals surface area contributed by atoms with Crippen LogP contribution in [0.2, 0.25) is 5.82 Å². The summed E-state index contributed by atoms with van der Waals surface area (Å²) in [4.78, 5) is 0. The lowest BCUT2D eigenvalue weighted by atomic mass is 9.76. The number of allylic oxidation sites excluding steroid dienone is 2. The van der Waals surface area contributed by atoms with Crippen LogP contribution in [0.1, 0.15) is 0 Å². The molecule has 0 saturated carbocycles. The van der Waals surface area contributed by atoms with E-state index >= 15 is 0 Å². The van der Waals surface area contributed by atoms with Crippen LogP contribution in [-0.4, -0.2) is 26.4 Å². The summed E-state index contributed by atoms with van der Waals surface area (Å²) in [6, 6.07) is 0. The Morgan fingerprint density at radius 1 is 0.917 bits per heavy atom. The lowest BCUT2D eigenvalue weighted by Crippen LogP contribution is -2.37. The van der Waals surface area contributed by atoms with Crippen LogP contribution in [0.5, 0.6) is 0 Å². The number of alkyl halides is 3. The van der Waals surface area contributed by atoms with Crippen molar-refractivity contribution in [2.24, 2.45) is 0 Å². The molecule has 4 atom stereocenters. The van der Waals surface area contributed by atoms with Crippen LogP contribution in [0, 0.1) is 0 Å². The van der Waals surface area contributed by atoms with Crippen LogP contribution in [0.25, 0.3) is 0 Å². The molecule has 12 heavy (non-hydrogen) atoms. The van der Waals surface area contributed by atoms with Gasteiger partial charge >= 0.3 is 0 Å². The van der Waals surface area contributed by atoms with Crippen molar-refractivity contribution in [3.63, 3.8) is 0 Å². The van der Waals surface area contributed by atoms with Gasteiger partial charge in [0.1, 0.15) is 19.8 Å². The molecule has 4 unspecified atom stereocenters. The maximum absolute atomic E-state index is 12.6.